The first kappa shape index (κ1) is 56.3. The topological polar surface area (TPSA) is 135 Å². The molecule has 1 fully saturated rings. The molecule has 1 heterocycles. The molecule has 348 valence electrons. The van der Waals surface area contributed by atoms with Gasteiger partial charge in [0.25, 0.3) is 0 Å². The zero-order valence-electron chi connectivity index (χ0n) is 38.1. The van der Waals surface area contributed by atoms with E-state index in [0.29, 0.717) is 13.0 Å². The van der Waals surface area contributed by atoms with E-state index in [1.54, 1.807) is 0 Å². The van der Waals surface area contributed by atoms with Gasteiger partial charge >= 0.3 is 5.97 Å². The molecule has 0 spiro atoms. The Morgan fingerprint density at radius 3 is 1.37 bits per heavy atom. The van der Waals surface area contributed by atoms with E-state index >= 15 is 0 Å². The van der Waals surface area contributed by atoms with Crippen LogP contribution in [0.15, 0.2) is 134 Å². The van der Waals surface area contributed by atoms with E-state index in [1.807, 2.05) is 0 Å². The number of aliphatic hydroxyl groups is 4. The summed E-state index contributed by atoms with van der Waals surface area (Å²) in [6.45, 7) is 4.10. The van der Waals surface area contributed by atoms with Crippen molar-refractivity contribution in [1.29, 1.82) is 0 Å². The number of hydrogen-bond acceptors (Lipinski definition) is 9. The molecule has 0 bridgehead atoms. The predicted octanol–water partition coefficient (Wildman–Crippen LogP) is 10.9. The molecule has 0 aromatic heterocycles. The number of unbranched alkanes of at least 4 members (excludes halogenated alkanes) is 4. The number of esters is 1. The van der Waals surface area contributed by atoms with Gasteiger partial charge in [0.05, 0.1) is 19.8 Å². The van der Waals surface area contributed by atoms with E-state index in [0.717, 1.165) is 103 Å². The lowest BCUT2D eigenvalue weighted by molar-refractivity contribution is -0.305. The Morgan fingerprint density at radius 2 is 0.935 bits per heavy atom. The summed E-state index contributed by atoms with van der Waals surface area (Å²) in [7, 11) is 0. The number of carbonyl (C=O) groups is 1. The van der Waals surface area contributed by atoms with Crippen molar-refractivity contribution in [2.45, 2.75) is 166 Å². The van der Waals surface area contributed by atoms with E-state index < -0.39 is 43.4 Å². The van der Waals surface area contributed by atoms with Crippen LogP contribution in [0.2, 0.25) is 0 Å². The highest BCUT2D eigenvalue weighted by atomic mass is 16.7. The highest BCUT2D eigenvalue weighted by molar-refractivity contribution is 5.69. The van der Waals surface area contributed by atoms with E-state index in [2.05, 4.69) is 148 Å². The second-order valence-corrected chi connectivity index (χ2v) is 15.1. The van der Waals surface area contributed by atoms with Gasteiger partial charge in [-0.1, -0.05) is 154 Å². The molecule has 0 aromatic carbocycles. The van der Waals surface area contributed by atoms with Crippen LogP contribution in [-0.4, -0.2) is 89.6 Å². The minimum absolute atomic E-state index is 0.0803. The molecular weight excluding hydrogens is 781 g/mol. The van der Waals surface area contributed by atoms with Crippen molar-refractivity contribution in [3.05, 3.63) is 134 Å². The van der Waals surface area contributed by atoms with Gasteiger partial charge in [0, 0.05) is 13.0 Å². The molecular formula is C53H82O9. The molecule has 62 heavy (non-hydrogen) atoms. The summed E-state index contributed by atoms with van der Waals surface area (Å²) in [6, 6.07) is 0. The van der Waals surface area contributed by atoms with Crippen LogP contribution in [0.1, 0.15) is 129 Å². The van der Waals surface area contributed by atoms with Gasteiger partial charge < -0.3 is 39.4 Å². The van der Waals surface area contributed by atoms with E-state index in [1.165, 1.54) is 0 Å². The lowest BCUT2D eigenvalue weighted by Gasteiger charge is -2.39. The minimum atomic E-state index is -1.56. The molecule has 4 N–H and O–H groups in total. The summed E-state index contributed by atoms with van der Waals surface area (Å²) in [6.07, 6.45) is 56.3. The lowest BCUT2D eigenvalue weighted by atomic mass is 9.99. The van der Waals surface area contributed by atoms with E-state index in [4.69, 9.17) is 18.9 Å². The monoisotopic (exact) mass is 863 g/mol. The number of allylic oxidation sites excluding steroid dienone is 22. The highest BCUT2D eigenvalue weighted by Gasteiger charge is 2.44. The van der Waals surface area contributed by atoms with E-state index in [-0.39, 0.29) is 25.6 Å². The van der Waals surface area contributed by atoms with E-state index in [9.17, 15) is 25.2 Å². The van der Waals surface area contributed by atoms with Crippen LogP contribution in [0.5, 0.6) is 0 Å². The van der Waals surface area contributed by atoms with Crippen molar-refractivity contribution in [2.75, 3.05) is 26.4 Å². The van der Waals surface area contributed by atoms with Crippen LogP contribution in [-0.2, 0) is 23.7 Å². The van der Waals surface area contributed by atoms with Gasteiger partial charge in [0.1, 0.15) is 30.5 Å². The van der Waals surface area contributed by atoms with Gasteiger partial charge in [0.15, 0.2) is 6.29 Å². The third kappa shape index (κ3) is 33.0. The van der Waals surface area contributed by atoms with Crippen LogP contribution >= 0.6 is 0 Å². The number of hydrogen-bond donors (Lipinski definition) is 4. The van der Waals surface area contributed by atoms with Crippen molar-refractivity contribution >= 4 is 5.97 Å². The number of carbonyl (C=O) groups excluding carboxylic acids is 1. The molecule has 0 aromatic rings. The summed E-state index contributed by atoms with van der Waals surface area (Å²) >= 11 is 0. The van der Waals surface area contributed by atoms with Gasteiger partial charge in [0.2, 0.25) is 0 Å². The van der Waals surface area contributed by atoms with Crippen LogP contribution in [0.3, 0.4) is 0 Å². The summed E-state index contributed by atoms with van der Waals surface area (Å²) < 4.78 is 22.7. The van der Waals surface area contributed by atoms with Crippen LogP contribution < -0.4 is 0 Å². The normalized spacial score (nSPS) is 21.0. The van der Waals surface area contributed by atoms with Gasteiger partial charge in [-0.25, -0.2) is 0 Å². The quantitative estimate of drug-likeness (QED) is 0.0273. The predicted molar refractivity (Wildman–Crippen MR) is 255 cm³/mol. The highest BCUT2D eigenvalue weighted by Crippen LogP contribution is 2.22. The molecule has 0 saturated carbocycles. The Kier molecular flexibility index (Phi) is 38.7. The molecule has 1 aliphatic heterocycles. The first-order chi connectivity index (χ1) is 30.4. The summed E-state index contributed by atoms with van der Waals surface area (Å²) in [5.74, 6) is -0.371. The zero-order valence-corrected chi connectivity index (χ0v) is 38.1. The van der Waals surface area contributed by atoms with Gasteiger partial charge in [-0.05, 0) is 103 Å². The second-order valence-electron chi connectivity index (χ2n) is 15.1. The molecule has 6 atom stereocenters. The molecule has 1 rings (SSSR count). The average molecular weight is 863 g/mol. The average Bonchev–Trinajstić information content (AvgIpc) is 3.27. The standard InChI is InChI=1S/C53H82O9/c1-3-5-7-9-11-13-15-17-19-21-23-25-27-29-31-33-35-37-39-41-43-59-45-47(46-60-53-52(58)51(57)50(56)48(44-54)62-53)61-49(55)42-40-38-36-34-32-30-28-26-24-22-20-18-16-14-12-10-8-6-4-2/h5-8,11-14,17-20,23-26,29-32,35,37,47-48,50-54,56-58H,3-4,9-10,15-16,21-22,27-28,33-34,36,38-46H2,1-2H3/b7-5-,8-6-,13-11-,14-12-,19-17-,20-18-,25-23-,26-24-,31-29-,32-30-,37-35-. The molecule has 0 radical (unpaired) electrons. The third-order valence-corrected chi connectivity index (χ3v) is 9.56. The summed E-state index contributed by atoms with van der Waals surface area (Å²) in [4.78, 5) is 12.8. The Balaban J connectivity index is 2.35. The Bertz CT molecular complexity index is 1400. The molecule has 6 unspecified atom stereocenters. The second kappa shape index (κ2) is 42.6. The Morgan fingerprint density at radius 1 is 0.516 bits per heavy atom. The lowest BCUT2D eigenvalue weighted by Crippen LogP contribution is -2.59. The number of aliphatic hydroxyl groups excluding tert-OH is 4. The third-order valence-electron chi connectivity index (χ3n) is 9.56. The Labute approximate surface area is 375 Å². The fraction of sp³-hybridized carbons (Fsp3) is 0.566. The van der Waals surface area contributed by atoms with Crippen molar-refractivity contribution in [2.24, 2.45) is 0 Å². The maximum absolute atomic E-state index is 12.8. The maximum Gasteiger partial charge on any atom is 0.306 e. The fourth-order valence-electron chi connectivity index (χ4n) is 6.00. The van der Waals surface area contributed by atoms with Crippen LogP contribution in [0.4, 0.5) is 0 Å². The van der Waals surface area contributed by atoms with Gasteiger partial charge in [-0.2, -0.15) is 0 Å². The number of ether oxygens (including phenoxy) is 4. The SMILES string of the molecule is CC/C=C\C/C=C\C/C=C\C/C=C\C/C=C\C/C=C\CCCOCC(COC1OC(CO)C(O)C(O)C1O)OC(=O)CCCCC/C=C\C/C=C\C/C=C\C/C=C\C/C=C\CC. The fourth-order valence-corrected chi connectivity index (χ4v) is 6.00. The largest absolute Gasteiger partial charge is 0.457 e. The van der Waals surface area contributed by atoms with Crippen LogP contribution in [0, 0.1) is 0 Å². The van der Waals surface area contributed by atoms with Crippen molar-refractivity contribution < 1.29 is 44.2 Å². The molecule has 9 heteroatoms. The van der Waals surface area contributed by atoms with Crippen molar-refractivity contribution in [1.82, 2.24) is 0 Å². The van der Waals surface area contributed by atoms with Gasteiger partial charge in [-0.3, -0.25) is 4.79 Å². The molecule has 9 nitrogen and oxygen atoms in total. The first-order valence-electron chi connectivity index (χ1n) is 23.3. The summed E-state index contributed by atoms with van der Waals surface area (Å²) in [5.41, 5.74) is 0. The minimum Gasteiger partial charge on any atom is -0.457 e. The molecule has 1 saturated heterocycles. The summed E-state index contributed by atoms with van der Waals surface area (Å²) in [5, 5.41) is 40.2. The molecule has 1 aliphatic rings. The van der Waals surface area contributed by atoms with Gasteiger partial charge in [-0.15, -0.1) is 0 Å². The van der Waals surface area contributed by atoms with Crippen molar-refractivity contribution in [3.63, 3.8) is 0 Å². The van der Waals surface area contributed by atoms with Crippen LogP contribution in [0.25, 0.3) is 0 Å². The number of rotatable bonds is 37. The Hall–Kier alpha value is -3.67. The van der Waals surface area contributed by atoms with Crippen molar-refractivity contribution in [3.8, 4) is 0 Å². The molecule has 0 amide bonds. The maximum atomic E-state index is 12.8. The smallest absolute Gasteiger partial charge is 0.306 e. The molecule has 0 aliphatic carbocycles. The first-order valence-corrected chi connectivity index (χ1v) is 23.3. The zero-order chi connectivity index (χ0) is 45.0.